The summed E-state index contributed by atoms with van der Waals surface area (Å²) in [6.45, 7) is 2.03. The lowest BCUT2D eigenvalue weighted by atomic mass is 10.1. The fraction of sp³-hybridized carbons (Fsp3) is 0.200. The first kappa shape index (κ1) is 18.0. The zero-order valence-corrected chi connectivity index (χ0v) is 15.3. The van der Waals surface area contributed by atoms with Gasteiger partial charge in [-0.25, -0.2) is 4.98 Å². The number of rotatable bonds is 6. The first-order valence-corrected chi connectivity index (χ1v) is 8.58. The number of oxazole rings is 1. The second-order valence-electron chi connectivity index (χ2n) is 5.85. The van der Waals surface area contributed by atoms with E-state index in [2.05, 4.69) is 10.3 Å². The van der Waals surface area contributed by atoms with Crippen LogP contribution in [0, 0.1) is 6.92 Å². The Balaban J connectivity index is 1.60. The van der Waals surface area contributed by atoms with Crippen molar-refractivity contribution in [1.29, 1.82) is 0 Å². The summed E-state index contributed by atoms with van der Waals surface area (Å²) in [5.74, 6) is 1.49. The smallest absolute Gasteiger partial charge is 0.224 e. The molecule has 6 heteroatoms. The van der Waals surface area contributed by atoms with Crippen molar-refractivity contribution in [2.75, 3.05) is 12.4 Å². The summed E-state index contributed by atoms with van der Waals surface area (Å²) in [4.78, 5) is 16.4. The highest BCUT2D eigenvalue weighted by Crippen LogP contribution is 2.32. The molecule has 0 atom stereocenters. The van der Waals surface area contributed by atoms with Crippen molar-refractivity contribution in [1.82, 2.24) is 4.98 Å². The van der Waals surface area contributed by atoms with Crippen molar-refractivity contribution >= 4 is 23.2 Å². The number of nitrogens with zero attached hydrogens (tertiary/aromatic N) is 1. The third-order valence-electron chi connectivity index (χ3n) is 3.90. The molecule has 5 nitrogen and oxygen atoms in total. The van der Waals surface area contributed by atoms with Crippen LogP contribution in [0.15, 0.2) is 53.1 Å². The number of halogens is 1. The predicted molar refractivity (Wildman–Crippen MR) is 102 cm³/mol. The van der Waals surface area contributed by atoms with Crippen LogP contribution in [0.4, 0.5) is 5.69 Å². The van der Waals surface area contributed by atoms with E-state index in [1.165, 1.54) is 12.7 Å². The van der Waals surface area contributed by atoms with E-state index >= 15 is 0 Å². The Hall–Kier alpha value is -2.79. The minimum Gasteiger partial charge on any atom is -0.493 e. The van der Waals surface area contributed by atoms with Crippen molar-refractivity contribution < 1.29 is 13.9 Å². The summed E-state index contributed by atoms with van der Waals surface area (Å²) >= 11 is 6.06. The fourth-order valence-corrected chi connectivity index (χ4v) is 2.78. The Morgan fingerprint density at radius 2 is 2.00 bits per heavy atom. The number of carbonyl (C=O) groups is 1. The number of nitrogens with one attached hydrogen (secondary N) is 1. The van der Waals surface area contributed by atoms with Gasteiger partial charge in [-0.2, -0.15) is 0 Å². The van der Waals surface area contributed by atoms with E-state index in [9.17, 15) is 4.79 Å². The van der Waals surface area contributed by atoms with Gasteiger partial charge in [0.05, 0.1) is 24.0 Å². The zero-order chi connectivity index (χ0) is 18.5. The van der Waals surface area contributed by atoms with Crippen molar-refractivity contribution in [3.63, 3.8) is 0 Å². The number of benzene rings is 2. The molecule has 0 saturated carbocycles. The minimum absolute atomic E-state index is 0.166. The van der Waals surface area contributed by atoms with Gasteiger partial charge in [-0.1, -0.05) is 47.5 Å². The number of methoxy groups -OCH3 is 1. The van der Waals surface area contributed by atoms with Crippen LogP contribution < -0.4 is 10.1 Å². The second-order valence-corrected chi connectivity index (χ2v) is 6.26. The molecule has 0 unspecified atom stereocenters. The molecule has 1 N–H and O–H groups in total. The lowest BCUT2D eigenvalue weighted by Gasteiger charge is -2.10. The molecule has 1 heterocycles. The summed E-state index contributed by atoms with van der Waals surface area (Å²) in [7, 11) is 1.51. The Morgan fingerprint density at radius 3 is 2.73 bits per heavy atom. The van der Waals surface area contributed by atoms with Crippen molar-refractivity contribution in [2.24, 2.45) is 0 Å². The van der Waals surface area contributed by atoms with Gasteiger partial charge in [0.25, 0.3) is 0 Å². The molecular weight excluding hydrogens is 352 g/mol. The number of hydrogen-bond acceptors (Lipinski definition) is 4. The average Bonchev–Trinajstić information content (AvgIpc) is 3.10. The normalized spacial score (nSPS) is 10.6. The van der Waals surface area contributed by atoms with E-state index in [4.69, 9.17) is 20.8 Å². The van der Waals surface area contributed by atoms with Crippen molar-refractivity contribution in [3.8, 4) is 17.1 Å². The third-order valence-corrected chi connectivity index (χ3v) is 4.20. The standard InChI is InChI=1S/C20H19ClN2O3/c1-13-6-8-14(9-7-13)17-12-22-19(26-17)11-10-18(24)23-16-5-3-4-15(21)20(16)25-2/h3-9,12H,10-11H2,1-2H3,(H,23,24). The average molecular weight is 371 g/mol. The molecule has 0 fully saturated rings. The summed E-state index contributed by atoms with van der Waals surface area (Å²) in [6.07, 6.45) is 2.32. The van der Waals surface area contributed by atoms with E-state index < -0.39 is 0 Å². The Kier molecular flexibility index (Phi) is 5.58. The van der Waals surface area contributed by atoms with E-state index in [-0.39, 0.29) is 12.3 Å². The number of anilines is 1. The molecule has 3 rings (SSSR count). The monoisotopic (exact) mass is 370 g/mol. The quantitative estimate of drug-likeness (QED) is 0.671. The maximum atomic E-state index is 12.2. The first-order chi connectivity index (χ1) is 12.6. The summed E-state index contributed by atoms with van der Waals surface area (Å²) in [5.41, 5.74) is 2.68. The highest BCUT2D eigenvalue weighted by molar-refractivity contribution is 6.32. The highest BCUT2D eigenvalue weighted by atomic mass is 35.5. The van der Waals surface area contributed by atoms with Gasteiger partial charge in [-0.3, -0.25) is 4.79 Å². The van der Waals surface area contributed by atoms with E-state index in [1.54, 1.807) is 24.4 Å². The van der Waals surface area contributed by atoms with Gasteiger partial charge < -0.3 is 14.5 Å². The molecule has 1 aromatic heterocycles. The van der Waals surface area contributed by atoms with E-state index in [0.717, 1.165) is 5.56 Å². The molecule has 0 aliphatic rings. The zero-order valence-electron chi connectivity index (χ0n) is 14.6. The molecule has 0 radical (unpaired) electrons. The summed E-state index contributed by atoms with van der Waals surface area (Å²) < 4.78 is 11.0. The lowest BCUT2D eigenvalue weighted by Crippen LogP contribution is -2.13. The van der Waals surface area contributed by atoms with Crippen LogP contribution in [-0.4, -0.2) is 18.0 Å². The van der Waals surface area contributed by atoms with Gasteiger partial charge in [0.15, 0.2) is 17.4 Å². The van der Waals surface area contributed by atoms with Gasteiger partial charge in [0, 0.05) is 18.4 Å². The van der Waals surface area contributed by atoms with Crippen LogP contribution in [0.25, 0.3) is 11.3 Å². The molecule has 3 aromatic rings. The molecular formula is C20H19ClN2O3. The number of aromatic nitrogens is 1. The Bertz CT molecular complexity index is 904. The van der Waals surface area contributed by atoms with Crippen LogP contribution in [-0.2, 0) is 11.2 Å². The van der Waals surface area contributed by atoms with Gasteiger partial charge >= 0.3 is 0 Å². The number of hydrogen-bond donors (Lipinski definition) is 1. The van der Waals surface area contributed by atoms with Gasteiger partial charge in [0.2, 0.25) is 5.91 Å². The summed E-state index contributed by atoms with van der Waals surface area (Å²) in [6, 6.07) is 13.2. The lowest BCUT2D eigenvalue weighted by molar-refractivity contribution is -0.116. The van der Waals surface area contributed by atoms with Crippen LogP contribution >= 0.6 is 11.6 Å². The molecule has 26 heavy (non-hydrogen) atoms. The molecule has 134 valence electrons. The molecule has 0 spiro atoms. The number of amides is 1. The predicted octanol–water partition coefficient (Wildman–Crippen LogP) is 4.88. The molecule has 2 aromatic carbocycles. The molecule has 0 bridgehead atoms. The maximum absolute atomic E-state index is 12.2. The molecule has 0 aliphatic carbocycles. The number of carbonyl (C=O) groups excluding carboxylic acids is 1. The van der Waals surface area contributed by atoms with Crippen LogP contribution in [0.5, 0.6) is 5.75 Å². The minimum atomic E-state index is -0.166. The number of ether oxygens (including phenoxy) is 1. The van der Waals surface area contributed by atoms with Crippen LogP contribution in [0.2, 0.25) is 5.02 Å². The van der Waals surface area contributed by atoms with E-state index in [1.807, 2.05) is 31.2 Å². The Morgan fingerprint density at radius 1 is 1.23 bits per heavy atom. The SMILES string of the molecule is COc1c(Cl)cccc1NC(=O)CCc1ncc(-c2ccc(C)cc2)o1. The molecule has 0 aliphatic heterocycles. The molecule has 1 amide bonds. The topological polar surface area (TPSA) is 64.4 Å². The second kappa shape index (κ2) is 8.06. The largest absolute Gasteiger partial charge is 0.493 e. The fourth-order valence-electron chi connectivity index (χ4n) is 2.53. The van der Waals surface area contributed by atoms with Crippen molar-refractivity contribution in [2.45, 2.75) is 19.8 Å². The first-order valence-electron chi connectivity index (χ1n) is 8.21. The third kappa shape index (κ3) is 4.24. The van der Waals surface area contributed by atoms with Crippen LogP contribution in [0.1, 0.15) is 17.9 Å². The number of aryl methyl sites for hydroxylation is 2. The van der Waals surface area contributed by atoms with E-state index in [0.29, 0.717) is 34.5 Å². The van der Waals surface area contributed by atoms with Gasteiger partial charge in [0.1, 0.15) is 0 Å². The summed E-state index contributed by atoms with van der Waals surface area (Å²) in [5, 5.41) is 3.24. The van der Waals surface area contributed by atoms with Crippen LogP contribution in [0.3, 0.4) is 0 Å². The van der Waals surface area contributed by atoms with Crippen molar-refractivity contribution in [3.05, 3.63) is 65.1 Å². The Labute approximate surface area is 157 Å². The highest BCUT2D eigenvalue weighted by Gasteiger charge is 2.12. The molecule has 0 saturated heterocycles. The number of para-hydroxylation sites is 1. The maximum Gasteiger partial charge on any atom is 0.224 e. The van der Waals surface area contributed by atoms with Gasteiger partial charge in [-0.05, 0) is 19.1 Å². The van der Waals surface area contributed by atoms with Gasteiger partial charge in [-0.15, -0.1) is 0 Å².